The highest BCUT2D eigenvalue weighted by Crippen LogP contribution is 2.27. The second-order valence-corrected chi connectivity index (χ2v) is 6.35. The zero-order valence-electron chi connectivity index (χ0n) is 15.1. The van der Waals surface area contributed by atoms with Gasteiger partial charge >= 0.3 is 11.8 Å². The predicted octanol–water partition coefficient (Wildman–Crippen LogP) is 1.95. The minimum absolute atomic E-state index is 0.267. The average molecular weight is 439 g/mol. The van der Waals surface area contributed by atoms with E-state index in [-0.39, 0.29) is 12.3 Å². The number of hydrogen-bond acceptors (Lipinski definition) is 6. The normalized spacial score (nSPS) is 10.4. The number of carbonyl (C=O) groups is 3. The van der Waals surface area contributed by atoms with Crippen LogP contribution in [0.3, 0.4) is 0 Å². The highest BCUT2D eigenvalue weighted by atomic mass is 35.5. The fraction of sp³-hybridized carbons (Fsp3) is 0.111. The third-order valence-corrected chi connectivity index (χ3v) is 3.70. The molecule has 2 aromatic carbocycles. The molecule has 152 valence electrons. The Labute approximate surface area is 175 Å². The first-order valence-corrected chi connectivity index (χ1v) is 8.73. The highest BCUT2D eigenvalue weighted by Gasteiger charge is 2.13. The van der Waals surface area contributed by atoms with Crippen LogP contribution in [-0.2, 0) is 14.4 Å². The van der Waals surface area contributed by atoms with E-state index < -0.39 is 17.7 Å². The molecule has 11 heteroatoms. The van der Waals surface area contributed by atoms with Crippen molar-refractivity contribution in [2.75, 3.05) is 19.0 Å². The molecule has 0 aliphatic heterocycles. The summed E-state index contributed by atoms with van der Waals surface area (Å²) >= 11 is 11.7. The van der Waals surface area contributed by atoms with Gasteiger partial charge in [0.2, 0.25) is 0 Å². The standard InChI is InChI=1S/C18H16Cl2N4O5/c1-28-15-4-10(2-3-14(15)29-9-16(21)25)8-22-24-18(27)17(26)23-13-6-11(19)5-12(20)7-13/h2-8H,9H2,1H3,(H2,21,25)(H,23,26)(H,24,27). The van der Waals surface area contributed by atoms with E-state index in [0.29, 0.717) is 27.1 Å². The number of primary amides is 1. The number of hydrogen-bond donors (Lipinski definition) is 3. The van der Waals surface area contributed by atoms with Crippen molar-refractivity contribution in [2.24, 2.45) is 10.8 Å². The lowest BCUT2D eigenvalue weighted by Crippen LogP contribution is -2.32. The van der Waals surface area contributed by atoms with Crippen molar-refractivity contribution in [1.82, 2.24) is 5.43 Å². The Bertz CT molecular complexity index is 945. The van der Waals surface area contributed by atoms with Gasteiger partial charge in [0.1, 0.15) is 0 Å². The number of nitrogens with two attached hydrogens (primary N) is 1. The number of rotatable bonds is 7. The lowest BCUT2D eigenvalue weighted by Gasteiger charge is -2.09. The summed E-state index contributed by atoms with van der Waals surface area (Å²) in [5, 5.41) is 6.68. The summed E-state index contributed by atoms with van der Waals surface area (Å²) in [5.74, 6) is -1.93. The van der Waals surface area contributed by atoms with Gasteiger partial charge in [-0.1, -0.05) is 23.2 Å². The van der Waals surface area contributed by atoms with E-state index >= 15 is 0 Å². The second kappa shape index (κ2) is 10.3. The van der Waals surface area contributed by atoms with Crippen molar-refractivity contribution >= 4 is 52.8 Å². The molecule has 9 nitrogen and oxygen atoms in total. The lowest BCUT2D eigenvalue weighted by molar-refractivity contribution is -0.136. The molecule has 29 heavy (non-hydrogen) atoms. The summed E-state index contributed by atoms with van der Waals surface area (Å²) in [5.41, 5.74) is 7.93. The molecule has 0 aliphatic carbocycles. The van der Waals surface area contributed by atoms with Crippen LogP contribution in [0, 0.1) is 0 Å². The molecular formula is C18H16Cl2N4O5. The first-order valence-electron chi connectivity index (χ1n) is 7.98. The minimum atomic E-state index is -0.995. The van der Waals surface area contributed by atoms with E-state index in [9.17, 15) is 14.4 Å². The number of nitrogens with zero attached hydrogens (tertiary/aromatic N) is 1. The average Bonchev–Trinajstić information content (AvgIpc) is 2.65. The Hall–Kier alpha value is -3.30. The Morgan fingerprint density at radius 1 is 1.07 bits per heavy atom. The maximum absolute atomic E-state index is 11.9. The van der Waals surface area contributed by atoms with Crippen LogP contribution >= 0.6 is 23.2 Å². The van der Waals surface area contributed by atoms with Crippen LogP contribution in [0.25, 0.3) is 0 Å². The van der Waals surface area contributed by atoms with E-state index in [4.69, 9.17) is 38.4 Å². The van der Waals surface area contributed by atoms with Crippen molar-refractivity contribution < 1.29 is 23.9 Å². The number of anilines is 1. The molecule has 0 saturated heterocycles. The van der Waals surface area contributed by atoms with Gasteiger partial charge in [-0.15, -0.1) is 0 Å². The van der Waals surface area contributed by atoms with Gasteiger partial charge in [-0.25, -0.2) is 5.43 Å². The Kier molecular flexibility index (Phi) is 7.81. The SMILES string of the molecule is COc1cc(C=NNC(=O)C(=O)Nc2cc(Cl)cc(Cl)c2)ccc1OCC(N)=O. The first kappa shape index (κ1) is 22.0. The van der Waals surface area contributed by atoms with Crippen LogP contribution in [0.15, 0.2) is 41.5 Å². The number of methoxy groups -OCH3 is 1. The zero-order valence-corrected chi connectivity index (χ0v) is 16.6. The monoisotopic (exact) mass is 438 g/mol. The molecule has 0 unspecified atom stereocenters. The van der Waals surface area contributed by atoms with E-state index in [2.05, 4.69) is 15.8 Å². The fourth-order valence-corrected chi connectivity index (χ4v) is 2.59. The van der Waals surface area contributed by atoms with Crippen molar-refractivity contribution in [3.05, 3.63) is 52.0 Å². The minimum Gasteiger partial charge on any atom is -0.493 e. The third-order valence-electron chi connectivity index (χ3n) is 3.26. The van der Waals surface area contributed by atoms with Crippen LogP contribution in [0.5, 0.6) is 11.5 Å². The van der Waals surface area contributed by atoms with Gasteiger partial charge in [0.05, 0.1) is 13.3 Å². The van der Waals surface area contributed by atoms with Gasteiger partial charge in [-0.05, 0) is 42.0 Å². The molecule has 0 atom stereocenters. The molecule has 2 aromatic rings. The van der Waals surface area contributed by atoms with Crippen LogP contribution in [0.4, 0.5) is 5.69 Å². The van der Waals surface area contributed by atoms with Gasteiger partial charge in [0.25, 0.3) is 5.91 Å². The van der Waals surface area contributed by atoms with Crippen LogP contribution < -0.4 is 25.9 Å². The van der Waals surface area contributed by atoms with E-state index in [1.165, 1.54) is 31.5 Å². The number of amides is 3. The highest BCUT2D eigenvalue weighted by molar-refractivity contribution is 6.40. The second-order valence-electron chi connectivity index (χ2n) is 5.48. The number of hydrazone groups is 1. The number of carbonyl (C=O) groups excluding carboxylic acids is 3. The van der Waals surface area contributed by atoms with Crippen molar-refractivity contribution in [2.45, 2.75) is 0 Å². The summed E-state index contributed by atoms with van der Waals surface area (Å²) in [4.78, 5) is 34.5. The molecule has 0 fully saturated rings. The Morgan fingerprint density at radius 3 is 2.38 bits per heavy atom. The predicted molar refractivity (Wildman–Crippen MR) is 109 cm³/mol. The largest absolute Gasteiger partial charge is 0.493 e. The first-order chi connectivity index (χ1) is 13.8. The molecule has 4 N–H and O–H groups in total. The summed E-state index contributed by atoms with van der Waals surface area (Å²) in [7, 11) is 1.42. The topological polar surface area (TPSA) is 132 Å². The molecule has 0 aliphatic rings. The van der Waals surface area contributed by atoms with Gasteiger partial charge in [-0.2, -0.15) is 5.10 Å². The number of halogens is 2. The molecule has 0 heterocycles. The molecular weight excluding hydrogens is 423 g/mol. The number of ether oxygens (including phenoxy) is 2. The molecule has 0 bridgehead atoms. The van der Waals surface area contributed by atoms with Crippen molar-refractivity contribution in [1.29, 1.82) is 0 Å². The van der Waals surface area contributed by atoms with Gasteiger partial charge in [0, 0.05) is 15.7 Å². The molecule has 0 spiro atoms. The zero-order chi connectivity index (χ0) is 21.4. The van der Waals surface area contributed by atoms with Gasteiger partial charge in [0.15, 0.2) is 18.1 Å². The Balaban J connectivity index is 1.96. The Morgan fingerprint density at radius 2 is 1.76 bits per heavy atom. The van der Waals surface area contributed by atoms with Crippen LogP contribution in [-0.4, -0.2) is 37.7 Å². The van der Waals surface area contributed by atoms with Crippen LogP contribution in [0.1, 0.15) is 5.56 Å². The maximum Gasteiger partial charge on any atom is 0.329 e. The fourth-order valence-electron chi connectivity index (χ4n) is 2.06. The molecule has 0 radical (unpaired) electrons. The molecule has 0 saturated carbocycles. The number of nitrogens with one attached hydrogen (secondary N) is 2. The molecule has 3 amide bonds. The molecule has 2 rings (SSSR count). The van der Waals surface area contributed by atoms with Gasteiger partial charge in [-0.3, -0.25) is 14.4 Å². The summed E-state index contributed by atoms with van der Waals surface area (Å²) in [6.07, 6.45) is 1.29. The maximum atomic E-state index is 11.9. The summed E-state index contributed by atoms with van der Waals surface area (Å²) in [6.45, 7) is -0.299. The third kappa shape index (κ3) is 6.98. The van der Waals surface area contributed by atoms with Crippen molar-refractivity contribution in [3.8, 4) is 11.5 Å². The summed E-state index contributed by atoms with van der Waals surface area (Å²) in [6, 6.07) is 9.07. The van der Waals surface area contributed by atoms with Crippen molar-refractivity contribution in [3.63, 3.8) is 0 Å². The van der Waals surface area contributed by atoms with E-state index in [1.807, 2.05) is 0 Å². The van der Waals surface area contributed by atoms with E-state index in [0.717, 1.165) is 0 Å². The van der Waals surface area contributed by atoms with Crippen LogP contribution in [0.2, 0.25) is 10.0 Å². The number of benzene rings is 2. The van der Waals surface area contributed by atoms with Gasteiger partial charge < -0.3 is 20.5 Å². The quantitative estimate of drug-likeness (QED) is 0.345. The molecule has 0 aromatic heterocycles. The smallest absolute Gasteiger partial charge is 0.329 e. The lowest BCUT2D eigenvalue weighted by atomic mass is 10.2. The van der Waals surface area contributed by atoms with E-state index in [1.54, 1.807) is 18.2 Å². The summed E-state index contributed by atoms with van der Waals surface area (Å²) < 4.78 is 10.4.